The maximum atomic E-state index is 13.8. The Labute approximate surface area is 121 Å². The number of alkyl halides is 1. The summed E-state index contributed by atoms with van der Waals surface area (Å²) in [4.78, 5) is 0. The van der Waals surface area contributed by atoms with Crippen molar-refractivity contribution in [3.05, 3.63) is 58.9 Å². The average molecular weight is 342 g/mol. The number of ether oxygens (including phenoxy) is 1. The first-order valence-corrected chi connectivity index (χ1v) is 6.59. The van der Waals surface area contributed by atoms with Crippen LogP contribution in [0.5, 0.6) is 11.5 Å². The van der Waals surface area contributed by atoms with Crippen LogP contribution in [-0.4, -0.2) is 0 Å². The predicted octanol–water partition coefficient (Wildman–Crippen LogP) is 4.66. The zero-order valence-electron chi connectivity index (χ0n) is 9.96. The molecule has 2 aromatic carbocycles. The van der Waals surface area contributed by atoms with Crippen LogP contribution in [0, 0.1) is 28.8 Å². The van der Waals surface area contributed by atoms with Crippen LogP contribution >= 0.6 is 15.9 Å². The second-order valence-corrected chi connectivity index (χ2v) is 4.41. The highest BCUT2D eigenvalue weighted by molar-refractivity contribution is 9.08. The van der Waals surface area contributed by atoms with Crippen LogP contribution in [0.4, 0.5) is 13.2 Å². The summed E-state index contributed by atoms with van der Waals surface area (Å²) >= 11 is 3.08. The molecule has 2 rings (SSSR count). The van der Waals surface area contributed by atoms with Crippen molar-refractivity contribution in [3.8, 4) is 17.6 Å². The normalized spacial score (nSPS) is 10.2. The highest BCUT2D eigenvalue weighted by Gasteiger charge is 2.16. The van der Waals surface area contributed by atoms with Crippen molar-refractivity contribution in [1.29, 1.82) is 5.26 Å². The largest absolute Gasteiger partial charge is 0.450 e. The molecule has 0 spiro atoms. The number of benzene rings is 2. The van der Waals surface area contributed by atoms with Gasteiger partial charge in [0.05, 0.1) is 0 Å². The summed E-state index contributed by atoms with van der Waals surface area (Å²) in [6.07, 6.45) is 0. The first-order valence-electron chi connectivity index (χ1n) is 5.47. The van der Waals surface area contributed by atoms with Gasteiger partial charge in [-0.05, 0) is 29.8 Å². The molecule has 0 bridgehead atoms. The van der Waals surface area contributed by atoms with Crippen LogP contribution in [0.2, 0.25) is 0 Å². The highest BCUT2D eigenvalue weighted by atomic mass is 79.9. The van der Waals surface area contributed by atoms with Gasteiger partial charge in [0.25, 0.3) is 0 Å². The summed E-state index contributed by atoms with van der Waals surface area (Å²) < 4.78 is 45.9. The van der Waals surface area contributed by atoms with E-state index in [1.165, 1.54) is 12.1 Å². The van der Waals surface area contributed by atoms with E-state index >= 15 is 0 Å². The van der Waals surface area contributed by atoms with Crippen LogP contribution in [0.1, 0.15) is 11.1 Å². The van der Waals surface area contributed by atoms with Crippen molar-refractivity contribution in [2.75, 3.05) is 0 Å². The SMILES string of the molecule is N#Cc1c(F)cccc1Oc1c(F)cc(CBr)cc1F. The zero-order valence-corrected chi connectivity index (χ0v) is 11.5. The Hall–Kier alpha value is -2.00. The van der Waals surface area contributed by atoms with E-state index in [9.17, 15) is 13.2 Å². The van der Waals surface area contributed by atoms with Gasteiger partial charge < -0.3 is 4.74 Å². The van der Waals surface area contributed by atoms with Gasteiger partial charge in [0.2, 0.25) is 0 Å². The minimum absolute atomic E-state index is 0.239. The van der Waals surface area contributed by atoms with Gasteiger partial charge in [-0.2, -0.15) is 5.26 Å². The Morgan fingerprint density at radius 2 is 1.75 bits per heavy atom. The smallest absolute Gasteiger partial charge is 0.198 e. The van der Waals surface area contributed by atoms with Crippen LogP contribution in [0.15, 0.2) is 30.3 Å². The van der Waals surface area contributed by atoms with Crippen molar-refractivity contribution in [2.24, 2.45) is 0 Å². The summed E-state index contributed by atoms with van der Waals surface area (Å²) in [6.45, 7) is 0. The summed E-state index contributed by atoms with van der Waals surface area (Å²) in [6, 6.07) is 7.39. The molecule has 0 atom stereocenters. The summed E-state index contributed by atoms with van der Waals surface area (Å²) in [7, 11) is 0. The Balaban J connectivity index is 2.46. The molecule has 102 valence electrons. The van der Waals surface area contributed by atoms with Crippen molar-refractivity contribution < 1.29 is 17.9 Å². The molecule has 0 saturated heterocycles. The van der Waals surface area contributed by atoms with Gasteiger partial charge in [-0.3, -0.25) is 0 Å². The fourth-order valence-electron chi connectivity index (χ4n) is 1.59. The van der Waals surface area contributed by atoms with Crippen molar-refractivity contribution in [2.45, 2.75) is 5.33 Å². The van der Waals surface area contributed by atoms with Gasteiger partial charge >= 0.3 is 0 Å². The maximum absolute atomic E-state index is 13.8. The van der Waals surface area contributed by atoms with Gasteiger partial charge in [-0.15, -0.1) is 0 Å². The monoisotopic (exact) mass is 341 g/mol. The van der Waals surface area contributed by atoms with Crippen molar-refractivity contribution in [1.82, 2.24) is 0 Å². The third-order valence-electron chi connectivity index (χ3n) is 2.51. The first-order chi connectivity index (χ1) is 9.56. The molecule has 20 heavy (non-hydrogen) atoms. The molecule has 0 aromatic heterocycles. The van der Waals surface area contributed by atoms with E-state index in [0.29, 0.717) is 5.56 Å². The molecule has 0 saturated carbocycles. The molecule has 0 aliphatic rings. The van der Waals surface area contributed by atoms with E-state index in [0.717, 1.165) is 18.2 Å². The fourth-order valence-corrected chi connectivity index (χ4v) is 1.92. The summed E-state index contributed by atoms with van der Waals surface area (Å²) in [5, 5.41) is 9.12. The third kappa shape index (κ3) is 2.78. The van der Waals surface area contributed by atoms with Gasteiger partial charge in [-0.1, -0.05) is 22.0 Å². The molecule has 0 amide bonds. The molecule has 0 aliphatic heterocycles. The second kappa shape index (κ2) is 5.97. The van der Waals surface area contributed by atoms with E-state index < -0.39 is 28.8 Å². The lowest BCUT2D eigenvalue weighted by Gasteiger charge is -2.10. The molecule has 2 nitrogen and oxygen atoms in total. The molecule has 0 fully saturated rings. The van der Waals surface area contributed by atoms with Crippen LogP contribution < -0.4 is 4.74 Å². The Morgan fingerprint density at radius 3 is 2.30 bits per heavy atom. The van der Waals surface area contributed by atoms with E-state index in [2.05, 4.69) is 15.9 Å². The molecule has 2 aromatic rings. The number of halogens is 4. The molecule has 0 radical (unpaired) electrons. The minimum atomic E-state index is -0.924. The van der Waals surface area contributed by atoms with E-state index in [1.54, 1.807) is 6.07 Å². The lowest BCUT2D eigenvalue weighted by Crippen LogP contribution is -1.97. The number of nitriles is 1. The Morgan fingerprint density at radius 1 is 1.10 bits per heavy atom. The second-order valence-electron chi connectivity index (χ2n) is 3.85. The number of rotatable bonds is 3. The predicted molar refractivity (Wildman–Crippen MR) is 70.2 cm³/mol. The molecule has 6 heteroatoms. The van der Waals surface area contributed by atoms with E-state index in [-0.39, 0.29) is 11.1 Å². The van der Waals surface area contributed by atoms with E-state index in [4.69, 9.17) is 10.00 Å². The van der Waals surface area contributed by atoms with Gasteiger partial charge in [0, 0.05) is 5.33 Å². The van der Waals surface area contributed by atoms with Gasteiger partial charge in [-0.25, -0.2) is 13.2 Å². The lowest BCUT2D eigenvalue weighted by atomic mass is 10.2. The standard InChI is InChI=1S/C14H7BrF3NO/c15-6-8-4-11(17)14(12(18)5-8)20-13-3-1-2-10(16)9(13)7-19/h1-5H,6H2. The zero-order chi connectivity index (χ0) is 14.7. The lowest BCUT2D eigenvalue weighted by molar-refractivity contribution is 0.403. The molecule has 0 aliphatic carbocycles. The van der Waals surface area contributed by atoms with Crippen LogP contribution in [0.25, 0.3) is 0 Å². The van der Waals surface area contributed by atoms with Crippen molar-refractivity contribution in [3.63, 3.8) is 0 Å². The van der Waals surface area contributed by atoms with Gasteiger partial charge in [0.15, 0.2) is 17.4 Å². The summed E-state index contributed by atoms with van der Waals surface area (Å²) in [5.74, 6) is -3.57. The molecular formula is C14H7BrF3NO. The topological polar surface area (TPSA) is 33.0 Å². The van der Waals surface area contributed by atoms with Crippen LogP contribution in [0.3, 0.4) is 0 Å². The molecule has 0 heterocycles. The third-order valence-corrected chi connectivity index (χ3v) is 3.16. The average Bonchev–Trinajstić information content (AvgIpc) is 2.42. The van der Waals surface area contributed by atoms with Crippen molar-refractivity contribution >= 4 is 15.9 Å². The molecular weight excluding hydrogens is 335 g/mol. The quantitative estimate of drug-likeness (QED) is 0.760. The number of hydrogen-bond acceptors (Lipinski definition) is 2. The number of hydrogen-bond donors (Lipinski definition) is 0. The Kier molecular flexibility index (Phi) is 4.30. The first kappa shape index (κ1) is 14.4. The van der Waals surface area contributed by atoms with Gasteiger partial charge in [0.1, 0.15) is 23.2 Å². The number of nitrogens with zero attached hydrogens (tertiary/aromatic N) is 1. The molecule has 0 N–H and O–H groups in total. The molecule has 0 unspecified atom stereocenters. The fraction of sp³-hybridized carbons (Fsp3) is 0.0714. The highest BCUT2D eigenvalue weighted by Crippen LogP contribution is 2.31. The van der Waals surface area contributed by atoms with Crippen LogP contribution in [-0.2, 0) is 5.33 Å². The Bertz CT molecular complexity index is 674. The summed E-state index contributed by atoms with van der Waals surface area (Å²) in [5.41, 5.74) is -0.0111. The van der Waals surface area contributed by atoms with E-state index in [1.807, 2.05) is 0 Å². The maximum Gasteiger partial charge on any atom is 0.198 e. The minimum Gasteiger partial charge on any atom is -0.450 e.